The fourth-order valence-electron chi connectivity index (χ4n) is 5.38. The van der Waals surface area contributed by atoms with Gasteiger partial charge in [0.25, 0.3) is 5.69 Å². The van der Waals surface area contributed by atoms with E-state index in [0.29, 0.717) is 28.8 Å². The van der Waals surface area contributed by atoms with Gasteiger partial charge in [-0.05, 0) is 36.5 Å². The van der Waals surface area contributed by atoms with Gasteiger partial charge < -0.3 is 5.32 Å². The minimum absolute atomic E-state index is 0.0424. The van der Waals surface area contributed by atoms with Crippen LogP contribution in [-0.2, 0) is 15.6 Å². The van der Waals surface area contributed by atoms with Crippen LogP contribution in [0.25, 0.3) is 11.0 Å². The van der Waals surface area contributed by atoms with Gasteiger partial charge in [-0.15, -0.1) is 0 Å². The van der Waals surface area contributed by atoms with E-state index < -0.39 is 15.8 Å². The number of rotatable bonds is 3. The zero-order valence-corrected chi connectivity index (χ0v) is 17.0. The van der Waals surface area contributed by atoms with Crippen molar-refractivity contribution in [3.63, 3.8) is 0 Å². The first-order valence-electron chi connectivity index (χ1n) is 9.89. The predicted molar refractivity (Wildman–Crippen MR) is 111 cm³/mol. The highest BCUT2D eigenvalue weighted by atomic mass is 16.6. The van der Waals surface area contributed by atoms with Crippen molar-refractivity contribution in [1.29, 1.82) is 0 Å². The molecule has 2 atom stereocenters. The van der Waals surface area contributed by atoms with Crippen LogP contribution in [0.5, 0.6) is 0 Å². The van der Waals surface area contributed by atoms with E-state index in [2.05, 4.69) is 31.1 Å². The Bertz CT molecular complexity index is 1230. The molecule has 30 heavy (non-hydrogen) atoms. The Balaban J connectivity index is 1.72. The highest BCUT2D eigenvalue weighted by molar-refractivity contribution is 6.01. The Morgan fingerprint density at radius 2 is 1.87 bits per heavy atom. The molecular formula is C22H21N5O3. The fraction of sp³-hybridized carbons (Fsp3) is 0.364. The molecule has 5 rings (SSSR count). The maximum atomic E-state index is 13.7. The Morgan fingerprint density at radius 3 is 2.57 bits per heavy atom. The maximum Gasteiger partial charge on any atom is 0.271 e. The van der Waals surface area contributed by atoms with Crippen molar-refractivity contribution in [2.75, 3.05) is 5.32 Å². The average molecular weight is 403 g/mol. The number of anilines is 1. The average Bonchev–Trinajstić information content (AvgIpc) is 3.02. The van der Waals surface area contributed by atoms with E-state index in [0.717, 1.165) is 12.1 Å². The number of fused-ring (bicyclic) bond motifs is 6. The highest BCUT2D eigenvalue weighted by Crippen LogP contribution is 2.70. The number of pyridine rings is 1. The number of amides is 1. The number of nitrogens with one attached hydrogen (secondary N) is 1. The zero-order chi connectivity index (χ0) is 21.3. The molecule has 0 radical (unpaired) electrons. The summed E-state index contributed by atoms with van der Waals surface area (Å²) in [7, 11) is 0. The Hall–Kier alpha value is -3.42. The van der Waals surface area contributed by atoms with Crippen LogP contribution in [0.15, 0.2) is 42.7 Å². The second-order valence-corrected chi connectivity index (χ2v) is 8.91. The van der Waals surface area contributed by atoms with Gasteiger partial charge in [0.15, 0.2) is 0 Å². The lowest BCUT2D eigenvalue weighted by Gasteiger charge is -2.39. The molecule has 152 valence electrons. The number of nitro groups is 1. The lowest BCUT2D eigenvalue weighted by atomic mass is 9.63. The Morgan fingerprint density at radius 1 is 1.10 bits per heavy atom. The van der Waals surface area contributed by atoms with Crippen molar-refractivity contribution in [3.8, 4) is 0 Å². The standard InChI is InChI=1S/C22H21N5O3/c1-20(2)21(3)8-9-22(20,19(28)24-13-5-4-10-23-12-13)18-17(21)25-15-7-6-14(27(29)30)11-16(15)26-18/h4-7,10-12H,8-9H2,1-3H3,(H,24,28). The molecule has 1 N–H and O–H groups in total. The number of benzene rings is 1. The molecule has 0 aliphatic heterocycles. The van der Waals surface area contributed by atoms with Crippen molar-refractivity contribution >= 4 is 28.3 Å². The molecule has 1 fully saturated rings. The normalized spacial score (nSPS) is 25.8. The third-order valence-corrected chi connectivity index (χ3v) is 7.54. The summed E-state index contributed by atoms with van der Waals surface area (Å²) in [6.45, 7) is 6.34. The van der Waals surface area contributed by atoms with Crippen LogP contribution in [0, 0.1) is 15.5 Å². The van der Waals surface area contributed by atoms with E-state index in [1.165, 1.54) is 12.1 Å². The molecule has 2 heterocycles. The van der Waals surface area contributed by atoms with Gasteiger partial charge in [-0.1, -0.05) is 20.8 Å². The van der Waals surface area contributed by atoms with E-state index in [9.17, 15) is 14.9 Å². The Kier molecular flexibility index (Phi) is 3.60. The second-order valence-electron chi connectivity index (χ2n) is 8.91. The number of aromatic nitrogens is 3. The summed E-state index contributed by atoms with van der Waals surface area (Å²) in [4.78, 5) is 38.2. The predicted octanol–water partition coefficient (Wildman–Crippen LogP) is 3.90. The van der Waals surface area contributed by atoms with Crippen LogP contribution < -0.4 is 5.32 Å². The molecule has 2 unspecified atom stereocenters. The van der Waals surface area contributed by atoms with E-state index >= 15 is 0 Å². The van der Waals surface area contributed by atoms with Gasteiger partial charge in [0.1, 0.15) is 0 Å². The van der Waals surface area contributed by atoms with E-state index in [1.807, 2.05) is 0 Å². The summed E-state index contributed by atoms with van der Waals surface area (Å²) in [5.41, 5.74) is 1.44. The number of nitrogens with zero attached hydrogens (tertiary/aromatic N) is 4. The lowest BCUT2D eigenvalue weighted by molar-refractivity contribution is -0.384. The smallest absolute Gasteiger partial charge is 0.271 e. The topological polar surface area (TPSA) is 111 Å². The molecule has 0 spiro atoms. The summed E-state index contributed by atoms with van der Waals surface area (Å²) in [6, 6.07) is 8.07. The van der Waals surface area contributed by atoms with Gasteiger partial charge in [0.2, 0.25) is 5.91 Å². The molecule has 2 aliphatic rings. The number of hydrogen-bond donors (Lipinski definition) is 1. The molecule has 1 amide bonds. The first-order valence-corrected chi connectivity index (χ1v) is 9.89. The minimum Gasteiger partial charge on any atom is -0.324 e. The third-order valence-electron chi connectivity index (χ3n) is 7.54. The first kappa shape index (κ1) is 18.6. The number of carbonyl (C=O) groups is 1. The van der Waals surface area contributed by atoms with Gasteiger partial charge >= 0.3 is 0 Å². The highest BCUT2D eigenvalue weighted by Gasteiger charge is 2.73. The van der Waals surface area contributed by atoms with E-state index in [1.54, 1.807) is 30.6 Å². The molecule has 8 heteroatoms. The molecule has 3 aromatic rings. The van der Waals surface area contributed by atoms with Crippen molar-refractivity contribution in [2.45, 2.75) is 44.4 Å². The van der Waals surface area contributed by atoms with Crippen LogP contribution >= 0.6 is 0 Å². The summed E-state index contributed by atoms with van der Waals surface area (Å²) >= 11 is 0. The van der Waals surface area contributed by atoms with Crippen LogP contribution in [0.2, 0.25) is 0 Å². The monoisotopic (exact) mass is 403 g/mol. The molecule has 1 saturated carbocycles. The lowest BCUT2D eigenvalue weighted by Crippen LogP contribution is -2.48. The summed E-state index contributed by atoms with van der Waals surface area (Å²) in [5.74, 6) is -0.137. The SMILES string of the molecule is CC12CCC(C(=O)Nc3cccnc3)(c3nc4cc([N+](=O)[O-])ccc4nc31)C2(C)C. The van der Waals surface area contributed by atoms with E-state index in [4.69, 9.17) is 9.97 Å². The maximum absolute atomic E-state index is 13.7. The third kappa shape index (κ3) is 2.10. The van der Waals surface area contributed by atoms with Gasteiger partial charge in [-0.2, -0.15) is 0 Å². The Labute approximate surface area is 172 Å². The van der Waals surface area contributed by atoms with Crippen molar-refractivity contribution in [3.05, 3.63) is 64.2 Å². The van der Waals surface area contributed by atoms with Gasteiger partial charge in [0.05, 0.1) is 44.6 Å². The van der Waals surface area contributed by atoms with Crippen molar-refractivity contribution in [2.24, 2.45) is 5.41 Å². The number of non-ortho nitro benzene ring substituents is 1. The molecule has 8 nitrogen and oxygen atoms in total. The molecule has 0 saturated heterocycles. The number of nitro benzene ring substituents is 1. The van der Waals surface area contributed by atoms with E-state index in [-0.39, 0.29) is 17.0 Å². The number of carbonyl (C=O) groups excluding carboxylic acids is 1. The molecule has 2 aliphatic carbocycles. The molecular weight excluding hydrogens is 382 g/mol. The first-order chi connectivity index (χ1) is 14.2. The molecule has 1 aromatic carbocycles. The van der Waals surface area contributed by atoms with Gasteiger partial charge in [0, 0.05) is 23.7 Å². The fourth-order valence-corrected chi connectivity index (χ4v) is 5.38. The minimum atomic E-state index is -0.876. The molecule has 2 bridgehead atoms. The number of hydrogen-bond acceptors (Lipinski definition) is 6. The summed E-state index contributed by atoms with van der Waals surface area (Å²) < 4.78 is 0. The van der Waals surface area contributed by atoms with Crippen molar-refractivity contribution in [1.82, 2.24) is 15.0 Å². The van der Waals surface area contributed by atoms with Crippen LogP contribution in [0.1, 0.15) is 45.0 Å². The van der Waals surface area contributed by atoms with Crippen LogP contribution in [0.4, 0.5) is 11.4 Å². The second kappa shape index (κ2) is 5.81. The largest absolute Gasteiger partial charge is 0.324 e. The van der Waals surface area contributed by atoms with Crippen LogP contribution in [0.3, 0.4) is 0 Å². The van der Waals surface area contributed by atoms with Gasteiger partial charge in [-0.3, -0.25) is 19.9 Å². The van der Waals surface area contributed by atoms with Crippen LogP contribution in [-0.4, -0.2) is 25.8 Å². The summed E-state index contributed by atoms with van der Waals surface area (Å²) in [6.07, 6.45) is 4.73. The van der Waals surface area contributed by atoms with Crippen molar-refractivity contribution < 1.29 is 9.72 Å². The zero-order valence-electron chi connectivity index (χ0n) is 17.0. The quantitative estimate of drug-likeness (QED) is 0.524. The molecule has 2 aromatic heterocycles. The summed E-state index contributed by atoms with van der Waals surface area (Å²) in [5, 5.41) is 14.2. The van der Waals surface area contributed by atoms with Gasteiger partial charge in [-0.25, -0.2) is 9.97 Å².